The topological polar surface area (TPSA) is 37.6 Å². The first kappa shape index (κ1) is 25.0. The summed E-state index contributed by atoms with van der Waals surface area (Å²) in [5.74, 6) is 0.521. The van der Waals surface area contributed by atoms with Crippen LogP contribution in [0.2, 0.25) is 5.02 Å². The Hall–Kier alpha value is -3.28. The maximum absolute atomic E-state index is 14.0. The fraction of sp³-hybridized carbons (Fsp3) is 0.250. The highest BCUT2D eigenvalue weighted by molar-refractivity contribution is 8.18. The van der Waals surface area contributed by atoms with Crippen LogP contribution in [0.25, 0.3) is 17.0 Å². The van der Waals surface area contributed by atoms with Gasteiger partial charge in [-0.3, -0.25) is 9.69 Å². The molecule has 0 bridgehead atoms. The lowest BCUT2D eigenvalue weighted by Gasteiger charge is -2.35. The summed E-state index contributed by atoms with van der Waals surface area (Å²) in [7, 11) is 0. The number of halogens is 1. The Morgan fingerprint density at radius 3 is 2.50 bits per heavy atom. The third-order valence-electron chi connectivity index (χ3n) is 7.59. The number of nitrogens with zero attached hydrogens (tertiary/aromatic N) is 3. The molecule has 1 saturated carbocycles. The smallest absolute Gasteiger partial charge is 0.267 e. The highest BCUT2D eigenvalue weighted by Crippen LogP contribution is 2.40. The van der Waals surface area contributed by atoms with Crippen LogP contribution in [0, 0.1) is 5.92 Å². The first-order chi connectivity index (χ1) is 18.6. The number of aromatic nitrogens is 1. The maximum Gasteiger partial charge on any atom is 0.267 e. The average Bonchev–Trinajstić information content (AvgIpc) is 3.43. The fourth-order valence-corrected chi connectivity index (χ4v) is 6.76. The first-order valence-corrected chi connectivity index (χ1v) is 14.5. The summed E-state index contributed by atoms with van der Waals surface area (Å²) in [6.45, 7) is 3.00. The molecule has 0 unspecified atom stereocenters. The molecule has 1 aliphatic carbocycles. The number of aliphatic imine (C=N–C) groups is 1. The van der Waals surface area contributed by atoms with Crippen LogP contribution in [0.1, 0.15) is 43.7 Å². The van der Waals surface area contributed by atoms with Gasteiger partial charge in [-0.15, -0.1) is 0 Å². The van der Waals surface area contributed by atoms with E-state index < -0.39 is 0 Å². The van der Waals surface area contributed by atoms with E-state index in [1.54, 1.807) is 0 Å². The Labute approximate surface area is 233 Å². The quantitative estimate of drug-likeness (QED) is 0.238. The van der Waals surface area contributed by atoms with Crippen LogP contribution < -0.4 is 0 Å². The van der Waals surface area contributed by atoms with Gasteiger partial charge in [-0.05, 0) is 72.5 Å². The van der Waals surface area contributed by atoms with Crippen LogP contribution in [-0.4, -0.2) is 26.6 Å². The molecule has 2 aliphatic rings. The van der Waals surface area contributed by atoms with E-state index in [4.69, 9.17) is 16.6 Å². The van der Waals surface area contributed by atoms with Gasteiger partial charge >= 0.3 is 0 Å². The van der Waals surface area contributed by atoms with Gasteiger partial charge in [-0.1, -0.05) is 79.9 Å². The standard InChI is InChI=1S/C32H30ClN3OS/c1-22-9-5-7-13-28(22)36-31(37)30(38-32(36)34-26-10-3-2-4-11-26)19-24-21-35(29-14-8-6-12-27(24)29)20-23-15-17-25(33)18-16-23/h2-4,6,8,10-12,14-19,21-22,28H,5,7,9,13,20H2,1H3/b30-19-,34-32?/t22-,28-/m0/s1. The summed E-state index contributed by atoms with van der Waals surface area (Å²) < 4.78 is 2.25. The monoisotopic (exact) mass is 539 g/mol. The lowest BCUT2D eigenvalue weighted by Crippen LogP contribution is -2.44. The molecule has 2 fully saturated rings. The van der Waals surface area contributed by atoms with Gasteiger partial charge in [0.05, 0.1) is 10.6 Å². The molecule has 4 aromatic rings. The zero-order valence-electron chi connectivity index (χ0n) is 21.4. The van der Waals surface area contributed by atoms with Crippen molar-refractivity contribution in [3.8, 4) is 0 Å². The van der Waals surface area contributed by atoms with Crippen molar-refractivity contribution in [3.63, 3.8) is 0 Å². The molecule has 1 amide bonds. The van der Waals surface area contributed by atoms with Gasteiger partial charge in [0.1, 0.15) is 0 Å². The second-order valence-electron chi connectivity index (χ2n) is 10.2. The van der Waals surface area contributed by atoms with Crippen LogP contribution in [0.3, 0.4) is 0 Å². The zero-order chi connectivity index (χ0) is 26.1. The van der Waals surface area contributed by atoms with E-state index in [0.717, 1.165) is 63.1 Å². The summed E-state index contributed by atoms with van der Waals surface area (Å²) in [5.41, 5.74) is 4.23. The second kappa shape index (κ2) is 10.8. The number of carbonyl (C=O) groups excluding carboxylic acids is 1. The maximum atomic E-state index is 14.0. The Balaban J connectivity index is 1.39. The number of para-hydroxylation sites is 2. The average molecular weight is 540 g/mol. The van der Waals surface area contributed by atoms with Crippen molar-refractivity contribution in [1.29, 1.82) is 0 Å². The van der Waals surface area contributed by atoms with Crippen molar-refractivity contribution < 1.29 is 4.79 Å². The molecule has 0 N–H and O–H groups in total. The van der Waals surface area contributed by atoms with E-state index in [9.17, 15) is 4.79 Å². The van der Waals surface area contributed by atoms with Gasteiger partial charge < -0.3 is 4.57 Å². The molecule has 1 aromatic heterocycles. The lowest BCUT2D eigenvalue weighted by molar-refractivity contribution is -0.124. The molecule has 1 aliphatic heterocycles. The number of thioether (sulfide) groups is 1. The summed E-state index contributed by atoms with van der Waals surface area (Å²) in [4.78, 5) is 21.6. The van der Waals surface area contributed by atoms with E-state index in [1.807, 2.05) is 47.4 Å². The number of carbonyl (C=O) groups is 1. The molecule has 1 saturated heterocycles. The molecule has 2 atom stereocenters. The Morgan fingerprint density at radius 1 is 0.974 bits per heavy atom. The van der Waals surface area contributed by atoms with Gasteiger partial charge in [0.25, 0.3) is 5.91 Å². The SMILES string of the molecule is C[C@H]1CCCC[C@@H]1N1C(=O)/C(=C/c2cn(Cc3ccc(Cl)cc3)c3ccccc23)SC1=Nc1ccccc1. The molecule has 0 radical (unpaired) electrons. The van der Waals surface area contributed by atoms with Crippen LogP contribution in [0.4, 0.5) is 5.69 Å². The Bertz CT molecular complexity index is 1520. The number of benzene rings is 3. The molecule has 2 heterocycles. The van der Waals surface area contributed by atoms with Gasteiger partial charge in [0.15, 0.2) is 5.17 Å². The van der Waals surface area contributed by atoms with Crippen molar-refractivity contribution in [2.75, 3.05) is 0 Å². The summed E-state index contributed by atoms with van der Waals surface area (Å²) in [5, 5.41) is 2.66. The number of amidine groups is 1. The van der Waals surface area contributed by atoms with Crippen LogP contribution in [0.15, 0.2) is 95.0 Å². The number of hydrogen-bond donors (Lipinski definition) is 0. The van der Waals surface area contributed by atoms with Crippen molar-refractivity contribution in [2.24, 2.45) is 10.9 Å². The van der Waals surface area contributed by atoms with Crippen LogP contribution >= 0.6 is 23.4 Å². The number of hydrogen-bond acceptors (Lipinski definition) is 3. The van der Waals surface area contributed by atoms with Crippen molar-refractivity contribution >= 4 is 57.1 Å². The van der Waals surface area contributed by atoms with Crippen molar-refractivity contribution in [2.45, 2.75) is 45.2 Å². The molecule has 38 heavy (non-hydrogen) atoms. The predicted octanol–water partition coefficient (Wildman–Crippen LogP) is 8.53. The largest absolute Gasteiger partial charge is 0.342 e. The van der Waals surface area contributed by atoms with Crippen molar-refractivity contribution in [3.05, 3.63) is 106 Å². The predicted molar refractivity (Wildman–Crippen MR) is 160 cm³/mol. The second-order valence-corrected chi connectivity index (χ2v) is 11.6. The summed E-state index contributed by atoms with van der Waals surface area (Å²) in [6.07, 6.45) is 8.76. The van der Waals surface area contributed by atoms with Gasteiger partial charge in [0.2, 0.25) is 0 Å². The molecular formula is C32H30ClN3OS. The molecular weight excluding hydrogens is 510 g/mol. The number of rotatable bonds is 5. The molecule has 6 heteroatoms. The van der Waals surface area contributed by atoms with E-state index >= 15 is 0 Å². The zero-order valence-corrected chi connectivity index (χ0v) is 23.0. The van der Waals surface area contributed by atoms with Crippen molar-refractivity contribution in [1.82, 2.24) is 9.47 Å². The minimum absolute atomic E-state index is 0.0676. The van der Waals surface area contributed by atoms with Crippen LogP contribution in [0.5, 0.6) is 0 Å². The van der Waals surface area contributed by atoms with Gasteiger partial charge in [0, 0.05) is 40.3 Å². The van der Waals surface area contributed by atoms with Crippen LogP contribution in [-0.2, 0) is 11.3 Å². The Kier molecular flexibility index (Phi) is 7.14. The molecule has 6 rings (SSSR count). The third-order valence-corrected chi connectivity index (χ3v) is 8.82. The Morgan fingerprint density at radius 2 is 1.71 bits per heavy atom. The number of amides is 1. The minimum atomic E-state index is 0.0676. The summed E-state index contributed by atoms with van der Waals surface area (Å²) in [6, 6.07) is 26.5. The van der Waals surface area contributed by atoms with E-state index in [0.29, 0.717) is 5.92 Å². The number of fused-ring (bicyclic) bond motifs is 1. The molecule has 3 aromatic carbocycles. The lowest BCUT2D eigenvalue weighted by atomic mass is 9.85. The third kappa shape index (κ3) is 5.05. The first-order valence-electron chi connectivity index (χ1n) is 13.3. The normalized spacial score (nSPS) is 22.2. The van der Waals surface area contributed by atoms with E-state index in [2.05, 4.69) is 60.2 Å². The molecule has 0 spiro atoms. The fourth-order valence-electron chi connectivity index (χ4n) is 5.60. The highest BCUT2D eigenvalue weighted by atomic mass is 35.5. The van der Waals surface area contributed by atoms with Gasteiger partial charge in [-0.25, -0.2) is 4.99 Å². The van der Waals surface area contributed by atoms with E-state index in [-0.39, 0.29) is 11.9 Å². The minimum Gasteiger partial charge on any atom is -0.342 e. The highest BCUT2D eigenvalue weighted by Gasteiger charge is 2.41. The molecule has 192 valence electrons. The van der Waals surface area contributed by atoms with Gasteiger partial charge in [-0.2, -0.15) is 0 Å². The molecule has 4 nitrogen and oxygen atoms in total. The summed E-state index contributed by atoms with van der Waals surface area (Å²) >= 11 is 7.60. The van der Waals surface area contributed by atoms with E-state index in [1.165, 1.54) is 23.7 Å².